The average molecular weight is 357 g/mol. The van der Waals surface area contributed by atoms with Gasteiger partial charge in [-0.15, -0.1) is 6.42 Å². The van der Waals surface area contributed by atoms with Crippen molar-refractivity contribution in [2.75, 3.05) is 0 Å². The van der Waals surface area contributed by atoms with E-state index in [9.17, 15) is 0 Å². The molecular formula is C19H40Y-2. The zero-order valence-corrected chi connectivity index (χ0v) is 18.6. The molecule has 0 saturated carbocycles. The Balaban J connectivity index is -0.0000000528. The molecule has 1 radical (unpaired) electrons. The molecule has 0 spiro atoms. The minimum absolute atomic E-state index is 0. The molecule has 0 aromatic rings. The van der Waals surface area contributed by atoms with Gasteiger partial charge in [0.1, 0.15) is 0 Å². The van der Waals surface area contributed by atoms with E-state index in [1.807, 2.05) is 53.7 Å². The van der Waals surface area contributed by atoms with Gasteiger partial charge in [-0.1, -0.05) is 68.2 Å². The van der Waals surface area contributed by atoms with Gasteiger partial charge in [-0.05, 0) is 5.92 Å². The standard InChI is InChI=1S/C7H15.C6H7.3C2H6.Y/c1-4-5-6-7(2)3;1-2-4-6-5-3-1;3*1-2;/h4,7H,5-6H2,1-3H3;1-3H,4,6H2;3*1-2H3;/q2*-1;;;;. The average Bonchev–Trinajstić information content (AvgIpc) is 2.53. The maximum Gasteiger partial charge on any atom is 0 e. The molecule has 0 saturated heterocycles. The number of hydrogen-bond donors (Lipinski definition) is 0. The Labute approximate surface area is 156 Å². The van der Waals surface area contributed by atoms with E-state index in [0.29, 0.717) is 0 Å². The molecule has 0 nitrogen and oxygen atoms in total. The quantitative estimate of drug-likeness (QED) is 0.461. The van der Waals surface area contributed by atoms with Crippen LogP contribution in [0, 0.1) is 18.4 Å². The third kappa shape index (κ3) is 51.3. The van der Waals surface area contributed by atoms with E-state index in [0.717, 1.165) is 12.3 Å². The molecule has 121 valence electrons. The number of unbranched alkanes of at least 4 members (excludes halogenated alkanes) is 1. The second-order valence-corrected chi connectivity index (χ2v) is 3.72. The van der Waals surface area contributed by atoms with Gasteiger partial charge in [0, 0.05) is 32.7 Å². The normalized spacial score (nSPS) is 10.1. The second-order valence-electron chi connectivity index (χ2n) is 3.72. The summed E-state index contributed by atoms with van der Waals surface area (Å²) in [5, 5.41) is 0. The SMILES string of the molecule is CC.CC.CC.C[CH-]CCC(C)C.[C-]1=CC=CCC1.[Y]. The van der Waals surface area contributed by atoms with Crippen LogP contribution >= 0.6 is 0 Å². The maximum absolute atomic E-state index is 3.07. The first kappa shape index (κ1) is 32.5. The van der Waals surface area contributed by atoms with Gasteiger partial charge < -0.3 is 6.42 Å². The van der Waals surface area contributed by atoms with Crippen LogP contribution in [-0.4, -0.2) is 0 Å². The first-order chi connectivity index (χ1) is 9.27. The summed E-state index contributed by atoms with van der Waals surface area (Å²) >= 11 is 0. The van der Waals surface area contributed by atoms with Crippen molar-refractivity contribution in [3.05, 3.63) is 30.7 Å². The van der Waals surface area contributed by atoms with E-state index < -0.39 is 0 Å². The monoisotopic (exact) mass is 357 g/mol. The van der Waals surface area contributed by atoms with Gasteiger partial charge in [0.25, 0.3) is 0 Å². The van der Waals surface area contributed by atoms with Crippen LogP contribution in [0.25, 0.3) is 0 Å². The van der Waals surface area contributed by atoms with Crippen molar-refractivity contribution in [1.82, 2.24) is 0 Å². The Morgan fingerprint density at radius 2 is 1.55 bits per heavy atom. The molecule has 0 unspecified atom stereocenters. The summed E-state index contributed by atoms with van der Waals surface area (Å²) in [6.07, 6.45) is 16.3. The van der Waals surface area contributed by atoms with Gasteiger partial charge in [0.15, 0.2) is 0 Å². The molecule has 0 amide bonds. The van der Waals surface area contributed by atoms with Crippen molar-refractivity contribution in [3.63, 3.8) is 0 Å². The van der Waals surface area contributed by atoms with E-state index in [1.54, 1.807) is 0 Å². The topological polar surface area (TPSA) is 0 Å². The van der Waals surface area contributed by atoms with Gasteiger partial charge in [0.2, 0.25) is 0 Å². The summed E-state index contributed by atoms with van der Waals surface area (Å²) in [6.45, 7) is 18.6. The number of allylic oxidation sites excluding steroid dienone is 4. The molecule has 0 bridgehead atoms. The summed E-state index contributed by atoms with van der Waals surface area (Å²) in [4.78, 5) is 0. The summed E-state index contributed by atoms with van der Waals surface area (Å²) in [6, 6.07) is 0. The van der Waals surface area contributed by atoms with E-state index in [-0.39, 0.29) is 32.7 Å². The van der Waals surface area contributed by atoms with E-state index in [2.05, 4.69) is 39.3 Å². The van der Waals surface area contributed by atoms with Crippen molar-refractivity contribution in [2.45, 2.75) is 88.0 Å². The van der Waals surface area contributed by atoms with Gasteiger partial charge in [-0.25, -0.2) is 12.2 Å². The Bertz CT molecular complexity index is 134. The molecule has 1 rings (SSSR count). The molecule has 0 aliphatic heterocycles. The zero-order chi connectivity index (χ0) is 15.9. The fourth-order valence-corrected chi connectivity index (χ4v) is 0.982. The fourth-order valence-electron chi connectivity index (χ4n) is 0.982. The van der Waals surface area contributed by atoms with E-state index >= 15 is 0 Å². The Morgan fingerprint density at radius 3 is 1.65 bits per heavy atom. The van der Waals surface area contributed by atoms with Crippen molar-refractivity contribution in [1.29, 1.82) is 0 Å². The molecule has 20 heavy (non-hydrogen) atoms. The molecule has 0 N–H and O–H groups in total. The summed E-state index contributed by atoms with van der Waals surface area (Å²) < 4.78 is 0. The van der Waals surface area contributed by atoms with E-state index in [1.165, 1.54) is 19.3 Å². The van der Waals surface area contributed by atoms with Crippen molar-refractivity contribution in [2.24, 2.45) is 5.92 Å². The third-order valence-corrected chi connectivity index (χ3v) is 1.84. The summed E-state index contributed by atoms with van der Waals surface area (Å²) in [7, 11) is 0. The molecule has 1 aliphatic rings. The Hall–Kier alpha value is 0.584. The van der Waals surface area contributed by atoms with Crippen LogP contribution in [0.5, 0.6) is 0 Å². The summed E-state index contributed by atoms with van der Waals surface area (Å²) in [5.74, 6) is 0.871. The molecule has 1 heteroatoms. The van der Waals surface area contributed by atoms with Gasteiger partial charge in [-0.2, -0.15) is 19.4 Å². The molecule has 0 atom stereocenters. The molecule has 0 aromatic heterocycles. The van der Waals surface area contributed by atoms with Crippen LogP contribution in [-0.2, 0) is 32.7 Å². The fraction of sp³-hybridized carbons (Fsp3) is 0.737. The van der Waals surface area contributed by atoms with Crippen molar-refractivity contribution >= 4 is 0 Å². The largest absolute Gasteiger partial charge is 0.332 e. The van der Waals surface area contributed by atoms with Crippen LogP contribution in [0.4, 0.5) is 0 Å². The summed E-state index contributed by atoms with van der Waals surface area (Å²) in [5.41, 5.74) is 0. The van der Waals surface area contributed by atoms with Crippen molar-refractivity contribution < 1.29 is 32.7 Å². The minimum atomic E-state index is 0. The van der Waals surface area contributed by atoms with Gasteiger partial charge >= 0.3 is 0 Å². The zero-order valence-electron chi connectivity index (χ0n) is 15.8. The van der Waals surface area contributed by atoms with Gasteiger partial charge in [-0.3, -0.25) is 6.08 Å². The van der Waals surface area contributed by atoms with Crippen LogP contribution in [0.3, 0.4) is 0 Å². The second kappa shape index (κ2) is 42.7. The number of rotatable bonds is 3. The molecule has 0 aromatic carbocycles. The van der Waals surface area contributed by atoms with Crippen LogP contribution in [0.1, 0.15) is 88.0 Å². The van der Waals surface area contributed by atoms with Crippen LogP contribution in [0.15, 0.2) is 18.2 Å². The maximum atomic E-state index is 3.07. The molecule has 0 fully saturated rings. The third-order valence-electron chi connectivity index (χ3n) is 1.84. The minimum Gasteiger partial charge on any atom is -0.332 e. The smallest absolute Gasteiger partial charge is 0 e. The molecular weight excluding hydrogens is 317 g/mol. The predicted molar refractivity (Wildman–Crippen MR) is 94.3 cm³/mol. The Morgan fingerprint density at radius 1 is 1.05 bits per heavy atom. The molecule has 0 heterocycles. The first-order valence-corrected chi connectivity index (χ1v) is 8.27. The van der Waals surface area contributed by atoms with Gasteiger partial charge in [0.05, 0.1) is 0 Å². The van der Waals surface area contributed by atoms with Crippen molar-refractivity contribution in [3.8, 4) is 0 Å². The Kier molecular flexibility index (Phi) is 69.4. The van der Waals surface area contributed by atoms with Crippen LogP contribution < -0.4 is 0 Å². The van der Waals surface area contributed by atoms with Crippen LogP contribution in [0.2, 0.25) is 0 Å². The molecule has 1 aliphatic carbocycles. The first-order valence-electron chi connectivity index (χ1n) is 8.27. The predicted octanol–water partition coefficient (Wildman–Crippen LogP) is 7.42. The van der Waals surface area contributed by atoms with E-state index in [4.69, 9.17) is 0 Å². The number of hydrogen-bond acceptors (Lipinski definition) is 0.